The number of amides is 1. The molecule has 9 nitrogen and oxygen atoms in total. The summed E-state index contributed by atoms with van der Waals surface area (Å²) in [5.74, 6) is 0.111. The maximum atomic E-state index is 12.7. The third-order valence-corrected chi connectivity index (χ3v) is 5.40. The standard InChI is InChI=1S/C21H24N6O3/c1-26-12-17(10-24-26)16-7-15-8-19(23-11-18(15)22-9-16)25-21(29)14-3-5-27(6-4-14)13-20(28)30-2/h7-12,14H,3-6,13H2,1-2H3,(H,23,25,29). The summed E-state index contributed by atoms with van der Waals surface area (Å²) in [7, 11) is 3.25. The lowest BCUT2D eigenvalue weighted by atomic mass is 9.96. The molecule has 1 aliphatic heterocycles. The molecule has 0 spiro atoms. The molecule has 9 heteroatoms. The molecule has 30 heavy (non-hydrogen) atoms. The lowest BCUT2D eigenvalue weighted by molar-refractivity contribution is -0.142. The van der Waals surface area contributed by atoms with E-state index in [1.807, 2.05) is 30.3 Å². The van der Waals surface area contributed by atoms with Gasteiger partial charge in [-0.2, -0.15) is 5.10 Å². The molecule has 156 valence electrons. The van der Waals surface area contributed by atoms with Crippen molar-refractivity contribution in [3.63, 3.8) is 0 Å². The number of ether oxygens (including phenoxy) is 1. The number of hydrogen-bond acceptors (Lipinski definition) is 7. The Bertz CT molecular complexity index is 1070. The van der Waals surface area contributed by atoms with Crippen LogP contribution in [0.1, 0.15) is 12.8 Å². The van der Waals surface area contributed by atoms with Crippen LogP contribution < -0.4 is 5.32 Å². The zero-order valence-electron chi connectivity index (χ0n) is 17.0. The van der Waals surface area contributed by atoms with Crippen LogP contribution in [0.25, 0.3) is 22.0 Å². The molecule has 0 unspecified atom stereocenters. The molecule has 3 aromatic heterocycles. The van der Waals surface area contributed by atoms with Crippen LogP contribution in [0.2, 0.25) is 0 Å². The Morgan fingerprint density at radius 2 is 1.93 bits per heavy atom. The van der Waals surface area contributed by atoms with Gasteiger partial charge in [0.25, 0.3) is 0 Å². The molecule has 4 rings (SSSR count). The fourth-order valence-electron chi connectivity index (χ4n) is 3.66. The summed E-state index contributed by atoms with van der Waals surface area (Å²) in [5, 5.41) is 8.03. The van der Waals surface area contributed by atoms with Crippen molar-refractivity contribution in [2.24, 2.45) is 13.0 Å². The van der Waals surface area contributed by atoms with Gasteiger partial charge in [0.15, 0.2) is 0 Å². The number of carbonyl (C=O) groups is 2. The second kappa shape index (κ2) is 8.58. The Balaban J connectivity index is 1.42. The number of methoxy groups -OCH3 is 1. The molecule has 0 bridgehead atoms. The number of aromatic nitrogens is 4. The average Bonchev–Trinajstić information content (AvgIpc) is 3.20. The quantitative estimate of drug-likeness (QED) is 0.643. The van der Waals surface area contributed by atoms with Crippen LogP contribution in [0.4, 0.5) is 5.82 Å². The normalized spacial score (nSPS) is 15.3. The van der Waals surface area contributed by atoms with E-state index in [0.29, 0.717) is 31.7 Å². The Morgan fingerprint density at radius 3 is 2.63 bits per heavy atom. The Kier molecular flexibility index (Phi) is 5.71. The summed E-state index contributed by atoms with van der Waals surface area (Å²) in [6.45, 7) is 1.65. The van der Waals surface area contributed by atoms with Crippen LogP contribution in [0, 0.1) is 5.92 Å². The number of piperidine rings is 1. The molecule has 3 aromatic rings. The number of fused-ring (bicyclic) bond motifs is 1. The average molecular weight is 408 g/mol. The monoisotopic (exact) mass is 408 g/mol. The van der Waals surface area contributed by atoms with Crippen LogP contribution in [0.15, 0.2) is 36.9 Å². The Labute approximate surface area is 174 Å². The van der Waals surface area contributed by atoms with Crippen molar-refractivity contribution >= 4 is 28.6 Å². The van der Waals surface area contributed by atoms with Crippen molar-refractivity contribution in [2.45, 2.75) is 12.8 Å². The number of likely N-dealkylation sites (tertiary alicyclic amines) is 1. The first-order valence-electron chi connectivity index (χ1n) is 9.86. The number of carbonyl (C=O) groups excluding carboxylic acids is 2. The summed E-state index contributed by atoms with van der Waals surface area (Å²) in [6, 6.07) is 3.86. The maximum absolute atomic E-state index is 12.7. The molecule has 1 aliphatic rings. The second-order valence-corrected chi connectivity index (χ2v) is 7.50. The first kappa shape index (κ1) is 20.0. The van der Waals surface area contributed by atoms with E-state index in [4.69, 9.17) is 4.74 Å². The minimum atomic E-state index is -0.252. The van der Waals surface area contributed by atoms with Gasteiger partial charge in [0.2, 0.25) is 5.91 Å². The van der Waals surface area contributed by atoms with E-state index < -0.39 is 0 Å². The van der Waals surface area contributed by atoms with Crippen LogP contribution >= 0.6 is 0 Å². The molecular weight excluding hydrogens is 384 g/mol. The van der Waals surface area contributed by atoms with Gasteiger partial charge in [0.05, 0.1) is 31.6 Å². The molecule has 1 saturated heterocycles. The van der Waals surface area contributed by atoms with Crippen molar-refractivity contribution in [3.8, 4) is 11.1 Å². The predicted molar refractivity (Wildman–Crippen MR) is 112 cm³/mol. The number of anilines is 1. The minimum absolute atomic E-state index is 0.0454. The number of rotatable bonds is 5. The van der Waals surface area contributed by atoms with Gasteiger partial charge in [-0.3, -0.25) is 24.2 Å². The third kappa shape index (κ3) is 4.46. The van der Waals surface area contributed by atoms with Gasteiger partial charge in [-0.05, 0) is 38.1 Å². The Hall–Kier alpha value is -3.33. The maximum Gasteiger partial charge on any atom is 0.319 e. The van der Waals surface area contributed by atoms with Gasteiger partial charge in [-0.25, -0.2) is 4.98 Å². The van der Waals surface area contributed by atoms with Crippen molar-refractivity contribution in [2.75, 3.05) is 32.1 Å². The molecule has 0 radical (unpaired) electrons. The zero-order chi connectivity index (χ0) is 21.1. The molecule has 1 N–H and O–H groups in total. The summed E-state index contributed by atoms with van der Waals surface area (Å²) in [6.07, 6.45) is 8.57. The van der Waals surface area contributed by atoms with Crippen LogP contribution in [-0.2, 0) is 21.4 Å². The lowest BCUT2D eigenvalue weighted by Crippen LogP contribution is -2.40. The predicted octanol–water partition coefficient (Wildman–Crippen LogP) is 1.85. The molecule has 0 aromatic carbocycles. The largest absolute Gasteiger partial charge is 0.468 e. The fourth-order valence-corrected chi connectivity index (χ4v) is 3.66. The smallest absolute Gasteiger partial charge is 0.319 e. The van der Waals surface area contributed by atoms with E-state index in [9.17, 15) is 9.59 Å². The van der Waals surface area contributed by atoms with E-state index in [0.717, 1.165) is 22.0 Å². The fraction of sp³-hybridized carbons (Fsp3) is 0.381. The van der Waals surface area contributed by atoms with E-state index in [2.05, 4.69) is 20.4 Å². The van der Waals surface area contributed by atoms with E-state index >= 15 is 0 Å². The number of nitrogens with zero attached hydrogens (tertiary/aromatic N) is 5. The van der Waals surface area contributed by atoms with Gasteiger partial charge in [-0.1, -0.05) is 0 Å². The summed E-state index contributed by atoms with van der Waals surface area (Å²) >= 11 is 0. The van der Waals surface area contributed by atoms with Gasteiger partial charge >= 0.3 is 5.97 Å². The van der Waals surface area contributed by atoms with Gasteiger partial charge < -0.3 is 10.1 Å². The molecule has 0 saturated carbocycles. The molecule has 0 aliphatic carbocycles. The van der Waals surface area contributed by atoms with E-state index in [1.54, 1.807) is 23.3 Å². The molecular formula is C21H24N6O3. The van der Waals surface area contributed by atoms with Crippen LogP contribution in [-0.4, -0.2) is 63.3 Å². The van der Waals surface area contributed by atoms with Crippen molar-refractivity contribution in [1.82, 2.24) is 24.6 Å². The molecule has 0 atom stereocenters. The van der Waals surface area contributed by atoms with Crippen molar-refractivity contribution in [3.05, 3.63) is 36.9 Å². The number of nitrogens with one attached hydrogen (secondary N) is 1. The highest BCUT2D eigenvalue weighted by Crippen LogP contribution is 2.24. The van der Waals surface area contributed by atoms with E-state index in [-0.39, 0.29) is 24.3 Å². The van der Waals surface area contributed by atoms with Crippen molar-refractivity contribution in [1.29, 1.82) is 0 Å². The number of esters is 1. The van der Waals surface area contributed by atoms with Gasteiger partial charge in [0.1, 0.15) is 5.82 Å². The van der Waals surface area contributed by atoms with Crippen molar-refractivity contribution < 1.29 is 14.3 Å². The first-order valence-corrected chi connectivity index (χ1v) is 9.86. The Morgan fingerprint density at radius 1 is 1.13 bits per heavy atom. The first-order chi connectivity index (χ1) is 14.5. The summed E-state index contributed by atoms with van der Waals surface area (Å²) < 4.78 is 6.45. The summed E-state index contributed by atoms with van der Waals surface area (Å²) in [5.41, 5.74) is 2.70. The topological polar surface area (TPSA) is 102 Å². The highest BCUT2D eigenvalue weighted by molar-refractivity contribution is 5.94. The molecule has 4 heterocycles. The van der Waals surface area contributed by atoms with Gasteiger partial charge in [-0.15, -0.1) is 0 Å². The zero-order valence-corrected chi connectivity index (χ0v) is 17.0. The van der Waals surface area contributed by atoms with Crippen LogP contribution in [0.3, 0.4) is 0 Å². The molecule has 1 fully saturated rings. The highest BCUT2D eigenvalue weighted by Gasteiger charge is 2.26. The van der Waals surface area contributed by atoms with Crippen LogP contribution in [0.5, 0.6) is 0 Å². The lowest BCUT2D eigenvalue weighted by Gasteiger charge is -2.30. The number of hydrogen-bond donors (Lipinski definition) is 1. The third-order valence-electron chi connectivity index (χ3n) is 5.40. The number of aryl methyl sites for hydroxylation is 1. The van der Waals surface area contributed by atoms with Gasteiger partial charge in [0, 0.05) is 41.9 Å². The molecule has 1 amide bonds. The second-order valence-electron chi connectivity index (χ2n) is 7.50. The minimum Gasteiger partial charge on any atom is -0.468 e. The number of pyridine rings is 2. The SMILES string of the molecule is COC(=O)CN1CCC(C(=O)Nc2cc3cc(-c4cnn(C)c4)cnc3cn2)CC1. The summed E-state index contributed by atoms with van der Waals surface area (Å²) in [4.78, 5) is 34.9. The van der Waals surface area contributed by atoms with E-state index in [1.165, 1.54) is 7.11 Å². The highest BCUT2D eigenvalue weighted by atomic mass is 16.5.